The van der Waals surface area contributed by atoms with Gasteiger partial charge in [-0.2, -0.15) is 5.10 Å². The van der Waals surface area contributed by atoms with Crippen LogP contribution in [0.25, 0.3) is 5.95 Å². The molecule has 4 rings (SSSR count). The Kier molecular flexibility index (Phi) is 5.30. The topological polar surface area (TPSA) is 122 Å². The van der Waals surface area contributed by atoms with Gasteiger partial charge in [0.1, 0.15) is 0 Å². The van der Waals surface area contributed by atoms with E-state index in [1.54, 1.807) is 22.9 Å². The molecule has 11 heteroatoms. The molecule has 3 N–H and O–H groups in total. The summed E-state index contributed by atoms with van der Waals surface area (Å²) in [7, 11) is 0. The van der Waals surface area contributed by atoms with E-state index in [1.165, 1.54) is 16.4 Å². The molecule has 29 heavy (non-hydrogen) atoms. The number of thioether (sulfide) groups is 1. The van der Waals surface area contributed by atoms with Crippen molar-refractivity contribution in [3.8, 4) is 17.4 Å². The first-order chi connectivity index (χ1) is 14.0. The van der Waals surface area contributed by atoms with Crippen molar-refractivity contribution in [1.29, 1.82) is 0 Å². The largest absolute Gasteiger partial charge is 0.490 e. The summed E-state index contributed by atoms with van der Waals surface area (Å²) in [4.78, 5) is 12.3. The number of hydrogen-bond donors (Lipinski definition) is 2. The van der Waals surface area contributed by atoms with Gasteiger partial charge in [0.05, 0.1) is 24.7 Å². The maximum absolute atomic E-state index is 12.3. The zero-order valence-corrected chi connectivity index (χ0v) is 16.9. The number of aromatic nitrogens is 5. The van der Waals surface area contributed by atoms with E-state index in [0.29, 0.717) is 41.5 Å². The fourth-order valence-electron chi connectivity index (χ4n) is 2.91. The Morgan fingerprint density at radius 3 is 2.76 bits per heavy atom. The zero-order chi connectivity index (χ0) is 20.4. The number of fused-ring (bicyclic) bond motifs is 1. The first kappa shape index (κ1) is 19.1. The van der Waals surface area contributed by atoms with E-state index < -0.39 is 0 Å². The summed E-state index contributed by atoms with van der Waals surface area (Å²) in [6, 6.07) is 7.25. The lowest BCUT2D eigenvalue weighted by Gasteiger charge is -2.10. The number of carbonyl (C=O) groups is 1. The summed E-state index contributed by atoms with van der Waals surface area (Å²) in [5.74, 6) is 7.73. The molecule has 0 radical (unpaired) electrons. The summed E-state index contributed by atoms with van der Waals surface area (Å²) in [6.45, 7) is 5.00. The van der Waals surface area contributed by atoms with Crippen LogP contribution in [-0.4, -0.2) is 49.5 Å². The molecule has 1 aliphatic rings. The van der Waals surface area contributed by atoms with Gasteiger partial charge in [-0.15, -0.1) is 10.2 Å². The number of anilines is 1. The van der Waals surface area contributed by atoms with Crippen LogP contribution >= 0.6 is 11.8 Å². The first-order valence-electron chi connectivity index (χ1n) is 9.07. The van der Waals surface area contributed by atoms with Gasteiger partial charge in [-0.3, -0.25) is 4.79 Å². The second-order valence-electron chi connectivity index (χ2n) is 6.54. The Hall–Kier alpha value is -3.21. The van der Waals surface area contributed by atoms with Crippen LogP contribution in [-0.2, 0) is 4.79 Å². The third-order valence-corrected chi connectivity index (χ3v) is 5.15. The minimum absolute atomic E-state index is 0.126. The Balaban J connectivity index is 1.39. The molecule has 1 amide bonds. The average molecular weight is 415 g/mol. The van der Waals surface area contributed by atoms with Gasteiger partial charge in [0.25, 0.3) is 5.95 Å². The number of nitrogens with zero attached hydrogens (tertiary/aromatic N) is 5. The van der Waals surface area contributed by atoms with Crippen LogP contribution in [0.5, 0.6) is 11.5 Å². The van der Waals surface area contributed by atoms with Crippen molar-refractivity contribution in [2.75, 3.05) is 30.1 Å². The van der Waals surface area contributed by atoms with Crippen LogP contribution in [0.15, 0.2) is 29.4 Å². The van der Waals surface area contributed by atoms with Gasteiger partial charge in [0.15, 0.2) is 11.5 Å². The summed E-state index contributed by atoms with van der Waals surface area (Å²) in [5.41, 5.74) is 2.39. The van der Waals surface area contributed by atoms with Crippen molar-refractivity contribution in [1.82, 2.24) is 24.7 Å². The summed E-state index contributed by atoms with van der Waals surface area (Å²) in [6.07, 6.45) is 0.826. The Bertz CT molecular complexity index is 1050. The highest BCUT2D eigenvalue weighted by Gasteiger charge is 2.17. The van der Waals surface area contributed by atoms with E-state index in [-0.39, 0.29) is 11.7 Å². The number of ether oxygens (including phenoxy) is 2. The lowest BCUT2D eigenvalue weighted by atomic mass is 10.2. The maximum Gasteiger partial charge on any atom is 0.271 e. The minimum atomic E-state index is -0.194. The highest BCUT2D eigenvalue weighted by Crippen LogP contribution is 2.32. The van der Waals surface area contributed by atoms with Crippen LogP contribution in [0.1, 0.15) is 17.8 Å². The standard InChI is InChI=1S/C18H21N7O3S/c1-11-8-12(2)25(23-11)17-21-22-18(24(17)19)29-10-16(26)20-13-4-5-14-15(9-13)28-7-3-6-27-14/h4-5,8-9H,3,6-7,10,19H2,1-2H3,(H,20,26). The van der Waals surface area contributed by atoms with E-state index in [4.69, 9.17) is 15.3 Å². The van der Waals surface area contributed by atoms with Crippen molar-refractivity contribution in [3.05, 3.63) is 35.7 Å². The highest BCUT2D eigenvalue weighted by atomic mass is 32.2. The van der Waals surface area contributed by atoms with Crippen molar-refractivity contribution < 1.29 is 14.3 Å². The van der Waals surface area contributed by atoms with Gasteiger partial charge in [-0.1, -0.05) is 11.8 Å². The summed E-state index contributed by atoms with van der Waals surface area (Å²) < 4.78 is 14.2. The average Bonchev–Trinajstić information content (AvgIpc) is 3.11. The van der Waals surface area contributed by atoms with Crippen molar-refractivity contribution in [2.24, 2.45) is 0 Å². The van der Waals surface area contributed by atoms with E-state index in [9.17, 15) is 4.79 Å². The summed E-state index contributed by atoms with van der Waals surface area (Å²) in [5, 5.41) is 15.8. The molecule has 0 unspecified atom stereocenters. The molecule has 0 aliphatic carbocycles. The molecule has 3 aromatic rings. The molecule has 0 saturated carbocycles. The van der Waals surface area contributed by atoms with Crippen LogP contribution in [0, 0.1) is 13.8 Å². The zero-order valence-electron chi connectivity index (χ0n) is 16.1. The number of nitrogens with two attached hydrogens (primary N) is 1. The molecule has 2 aromatic heterocycles. The van der Waals surface area contributed by atoms with Gasteiger partial charge in [0, 0.05) is 23.9 Å². The molecule has 0 atom stereocenters. The number of benzene rings is 1. The number of nitrogens with one attached hydrogen (secondary N) is 1. The Labute approximate surface area is 171 Å². The Morgan fingerprint density at radius 1 is 1.21 bits per heavy atom. The van der Waals surface area contributed by atoms with Gasteiger partial charge in [-0.05, 0) is 32.0 Å². The van der Waals surface area contributed by atoms with Gasteiger partial charge < -0.3 is 20.6 Å². The molecular weight excluding hydrogens is 394 g/mol. The normalized spacial score (nSPS) is 13.2. The predicted molar refractivity (Wildman–Crippen MR) is 108 cm³/mol. The molecular formula is C18H21N7O3S. The monoisotopic (exact) mass is 415 g/mol. The molecule has 0 fully saturated rings. The molecule has 152 valence electrons. The van der Waals surface area contributed by atoms with Crippen LogP contribution in [0.3, 0.4) is 0 Å². The second-order valence-corrected chi connectivity index (χ2v) is 7.48. The highest BCUT2D eigenvalue weighted by molar-refractivity contribution is 7.99. The van der Waals surface area contributed by atoms with Gasteiger partial charge in [0.2, 0.25) is 11.1 Å². The smallest absolute Gasteiger partial charge is 0.271 e. The lowest BCUT2D eigenvalue weighted by molar-refractivity contribution is -0.113. The molecule has 1 aromatic carbocycles. The third-order valence-electron chi connectivity index (χ3n) is 4.21. The lowest BCUT2D eigenvalue weighted by Crippen LogP contribution is -2.18. The number of aryl methyl sites for hydroxylation is 2. The molecule has 0 saturated heterocycles. The molecule has 1 aliphatic heterocycles. The molecule has 0 spiro atoms. The fourth-order valence-corrected chi connectivity index (χ4v) is 3.56. The van der Waals surface area contributed by atoms with Crippen LogP contribution in [0.2, 0.25) is 0 Å². The van der Waals surface area contributed by atoms with Crippen molar-refractivity contribution in [3.63, 3.8) is 0 Å². The van der Waals surface area contributed by atoms with Crippen molar-refractivity contribution in [2.45, 2.75) is 25.4 Å². The van der Waals surface area contributed by atoms with E-state index in [1.807, 2.05) is 19.9 Å². The van der Waals surface area contributed by atoms with E-state index in [0.717, 1.165) is 17.8 Å². The minimum Gasteiger partial charge on any atom is -0.490 e. The fraction of sp³-hybridized carbons (Fsp3) is 0.333. The molecule has 0 bridgehead atoms. The van der Waals surface area contributed by atoms with E-state index in [2.05, 4.69) is 20.6 Å². The quantitative estimate of drug-likeness (QED) is 0.477. The summed E-state index contributed by atoms with van der Waals surface area (Å²) >= 11 is 1.19. The van der Waals surface area contributed by atoms with Gasteiger partial charge in [-0.25, -0.2) is 9.36 Å². The first-order valence-corrected chi connectivity index (χ1v) is 10.1. The third kappa shape index (κ3) is 4.14. The predicted octanol–water partition coefficient (Wildman–Crippen LogP) is 1.69. The number of amides is 1. The molecule has 3 heterocycles. The number of hydrogen-bond acceptors (Lipinski definition) is 8. The van der Waals surface area contributed by atoms with Crippen LogP contribution in [0.4, 0.5) is 5.69 Å². The van der Waals surface area contributed by atoms with Gasteiger partial charge >= 0.3 is 0 Å². The van der Waals surface area contributed by atoms with Crippen LogP contribution < -0.4 is 20.6 Å². The number of rotatable bonds is 5. The maximum atomic E-state index is 12.3. The number of nitrogen functional groups attached to an aromatic ring is 1. The SMILES string of the molecule is Cc1cc(C)n(-c2nnc(SCC(=O)Nc3ccc4c(c3)OCCCO4)n2N)n1. The Morgan fingerprint density at radius 2 is 2.00 bits per heavy atom. The number of carbonyl (C=O) groups excluding carboxylic acids is 1. The molecule has 10 nitrogen and oxygen atoms in total. The second kappa shape index (κ2) is 8.03. The van der Waals surface area contributed by atoms with Crippen molar-refractivity contribution >= 4 is 23.4 Å². The van der Waals surface area contributed by atoms with E-state index >= 15 is 0 Å².